The SMILES string of the molecule is C=C(C)CCCC(C)=CCOCCC(C)C. The van der Waals surface area contributed by atoms with Crippen molar-refractivity contribution in [3.63, 3.8) is 0 Å². The van der Waals surface area contributed by atoms with Gasteiger partial charge in [0.15, 0.2) is 0 Å². The molecule has 0 radical (unpaired) electrons. The standard InChI is InChI=1S/C15H28O/c1-13(2)7-6-8-15(5)10-12-16-11-9-14(3)4/h10,14H,1,6-9,11-12H2,2-5H3. The fraction of sp³-hybridized carbons (Fsp3) is 0.733. The van der Waals surface area contributed by atoms with Gasteiger partial charge < -0.3 is 4.74 Å². The zero-order valence-corrected chi connectivity index (χ0v) is 11.5. The third-order valence-corrected chi connectivity index (χ3v) is 2.56. The molecule has 0 amide bonds. The van der Waals surface area contributed by atoms with E-state index < -0.39 is 0 Å². The number of hydrogen-bond donors (Lipinski definition) is 0. The molecule has 0 aromatic carbocycles. The highest BCUT2D eigenvalue weighted by Crippen LogP contribution is 2.10. The van der Waals surface area contributed by atoms with E-state index in [0.29, 0.717) is 0 Å². The Morgan fingerprint density at radius 1 is 1.25 bits per heavy atom. The minimum absolute atomic E-state index is 0.737. The smallest absolute Gasteiger partial charge is 0.0649 e. The average Bonchev–Trinajstić information content (AvgIpc) is 2.16. The highest BCUT2D eigenvalue weighted by molar-refractivity contribution is 4.99. The van der Waals surface area contributed by atoms with E-state index in [1.54, 1.807) is 0 Å². The largest absolute Gasteiger partial charge is 0.377 e. The van der Waals surface area contributed by atoms with Crippen LogP contribution in [0.25, 0.3) is 0 Å². The van der Waals surface area contributed by atoms with Gasteiger partial charge in [-0.3, -0.25) is 0 Å². The molecular weight excluding hydrogens is 196 g/mol. The lowest BCUT2D eigenvalue weighted by atomic mass is 10.1. The molecule has 1 heteroatoms. The van der Waals surface area contributed by atoms with Crippen LogP contribution in [-0.4, -0.2) is 13.2 Å². The summed E-state index contributed by atoms with van der Waals surface area (Å²) in [7, 11) is 0. The van der Waals surface area contributed by atoms with Gasteiger partial charge in [-0.15, -0.1) is 6.58 Å². The van der Waals surface area contributed by atoms with Crippen LogP contribution < -0.4 is 0 Å². The Kier molecular flexibility index (Phi) is 9.31. The number of rotatable bonds is 9. The molecule has 0 unspecified atom stereocenters. The Morgan fingerprint density at radius 3 is 2.50 bits per heavy atom. The van der Waals surface area contributed by atoms with Gasteiger partial charge in [-0.2, -0.15) is 0 Å². The molecule has 0 atom stereocenters. The number of hydrogen-bond acceptors (Lipinski definition) is 1. The third-order valence-electron chi connectivity index (χ3n) is 2.56. The van der Waals surface area contributed by atoms with E-state index >= 15 is 0 Å². The van der Waals surface area contributed by atoms with Gasteiger partial charge in [0.1, 0.15) is 0 Å². The molecule has 0 spiro atoms. The first kappa shape index (κ1) is 15.4. The van der Waals surface area contributed by atoms with Crippen LogP contribution in [0.4, 0.5) is 0 Å². The summed E-state index contributed by atoms with van der Waals surface area (Å²) in [6.07, 6.45) is 6.88. The summed E-state index contributed by atoms with van der Waals surface area (Å²) in [6, 6.07) is 0. The lowest BCUT2D eigenvalue weighted by Crippen LogP contribution is -1.99. The molecule has 0 heterocycles. The Bertz CT molecular complexity index is 213. The van der Waals surface area contributed by atoms with Crippen molar-refractivity contribution in [2.45, 2.75) is 53.4 Å². The molecule has 0 aromatic rings. The van der Waals surface area contributed by atoms with Crippen molar-refractivity contribution in [1.82, 2.24) is 0 Å². The summed E-state index contributed by atoms with van der Waals surface area (Å²) in [5, 5.41) is 0. The summed E-state index contributed by atoms with van der Waals surface area (Å²) < 4.78 is 5.55. The van der Waals surface area contributed by atoms with Crippen molar-refractivity contribution in [3.8, 4) is 0 Å². The maximum Gasteiger partial charge on any atom is 0.0649 e. The summed E-state index contributed by atoms with van der Waals surface area (Å²) in [5.41, 5.74) is 2.71. The van der Waals surface area contributed by atoms with Crippen LogP contribution in [0.1, 0.15) is 53.4 Å². The minimum Gasteiger partial charge on any atom is -0.377 e. The van der Waals surface area contributed by atoms with Crippen LogP contribution in [-0.2, 0) is 4.74 Å². The van der Waals surface area contributed by atoms with Crippen molar-refractivity contribution in [2.75, 3.05) is 13.2 Å². The Hall–Kier alpha value is -0.560. The van der Waals surface area contributed by atoms with Gasteiger partial charge >= 0.3 is 0 Å². The van der Waals surface area contributed by atoms with Crippen molar-refractivity contribution in [1.29, 1.82) is 0 Å². The minimum atomic E-state index is 0.737. The Morgan fingerprint density at radius 2 is 1.94 bits per heavy atom. The zero-order valence-electron chi connectivity index (χ0n) is 11.5. The van der Waals surface area contributed by atoms with Gasteiger partial charge in [0.05, 0.1) is 6.61 Å². The molecule has 0 saturated heterocycles. The second-order valence-electron chi connectivity index (χ2n) is 5.12. The van der Waals surface area contributed by atoms with Crippen LogP contribution >= 0.6 is 0 Å². The maximum atomic E-state index is 5.55. The predicted octanol–water partition coefficient (Wildman–Crippen LogP) is 4.74. The molecule has 0 fully saturated rings. The highest BCUT2D eigenvalue weighted by atomic mass is 16.5. The fourth-order valence-electron chi connectivity index (χ4n) is 1.37. The molecule has 0 N–H and O–H groups in total. The monoisotopic (exact) mass is 224 g/mol. The molecule has 0 aromatic heterocycles. The fourth-order valence-corrected chi connectivity index (χ4v) is 1.37. The van der Waals surface area contributed by atoms with Crippen molar-refractivity contribution < 1.29 is 4.74 Å². The molecule has 16 heavy (non-hydrogen) atoms. The second-order valence-corrected chi connectivity index (χ2v) is 5.12. The van der Waals surface area contributed by atoms with Crippen molar-refractivity contribution >= 4 is 0 Å². The quantitative estimate of drug-likeness (QED) is 0.406. The summed E-state index contributed by atoms with van der Waals surface area (Å²) in [6.45, 7) is 14.3. The van der Waals surface area contributed by atoms with Crippen LogP contribution in [0, 0.1) is 5.92 Å². The van der Waals surface area contributed by atoms with E-state index in [0.717, 1.165) is 32.0 Å². The molecule has 0 bridgehead atoms. The normalized spacial score (nSPS) is 12.2. The van der Waals surface area contributed by atoms with Gasteiger partial charge in [0.2, 0.25) is 0 Å². The zero-order chi connectivity index (χ0) is 12.4. The van der Waals surface area contributed by atoms with Gasteiger partial charge in [0.25, 0.3) is 0 Å². The third kappa shape index (κ3) is 11.5. The Labute approximate surface area is 102 Å². The van der Waals surface area contributed by atoms with Gasteiger partial charge in [0, 0.05) is 6.61 Å². The van der Waals surface area contributed by atoms with Crippen molar-refractivity contribution in [3.05, 3.63) is 23.8 Å². The van der Waals surface area contributed by atoms with E-state index in [9.17, 15) is 0 Å². The molecule has 94 valence electrons. The summed E-state index contributed by atoms with van der Waals surface area (Å²) in [5.74, 6) is 0.737. The van der Waals surface area contributed by atoms with E-state index in [2.05, 4.69) is 40.3 Å². The molecule has 1 nitrogen and oxygen atoms in total. The lowest BCUT2D eigenvalue weighted by Gasteiger charge is -2.05. The van der Waals surface area contributed by atoms with Crippen molar-refractivity contribution in [2.24, 2.45) is 5.92 Å². The van der Waals surface area contributed by atoms with Crippen LogP contribution in [0.15, 0.2) is 23.8 Å². The van der Waals surface area contributed by atoms with Crippen LogP contribution in [0.3, 0.4) is 0 Å². The second kappa shape index (κ2) is 9.65. The van der Waals surface area contributed by atoms with E-state index in [1.807, 2.05) is 0 Å². The van der Waals surface area contributed by atoms with Gasteiger partial charge in [-0.1, -0.05) is 31.1 Å². The molecule has 0 saturated carbocycles. The predicted molar refractivity (Wildman–Crippen MR) is 72.7 cm³/mol. The molecule has 0 rings (SSSR count). The van der Waals surface area contributed by atoms with Crippen LogP contribution in [0.2, 0.25) is 0 Å². The summed E-state index contributed by atoms with van der Waals surface area (Å²) in [4.78, 5) is 0. The summed E-state index contributed by atoms with van der Waals surface area (Å²) >= 11 is 0. The van der Waals surface area contributed by atoms with E-state index in [4.69, 9.17) is 4.74 Å². The van der Waals surface area contributed by atoms with Gasteiger partial charge in [-0.25, -0.2) is 0 Å². The first-order valence-corrected chi connectivity index (χ1v) is 6.40. The first-order valence-electron chi connectivity index (χ1n) is 6.40. The molecule has 0 aliphatic rings. The first-order chi connectivity index (χ1) is 7.52. The molecule has 0 aliphatic heterocycles. The number of allylic oxidation sites excluding steroid dienone is 2. The molecule has 0 aliphatic carbocycles. The highest BCUT2D eigenvalue weighted by Gasteiger charge is 1.94. The average molecular weight is 224 g/mol. The van der Waals surface area contributed by atoms with Crippen LogP contribution in [0.5, 0.6) is 0 Å². The molecular formula is C15H28O. The lowest BCUT2D eigenvalue weighted by molar-refractivity contribution is 0.149. The Balaban J connectivity index is 3.44. The number of ether oxygens (including phenoxy) is 1. The van der Waals surface area contributed by atoms with E-state index in [-0.39, 0.29) is 0 Å². The maximum absolute atomic E-state index is 5.55. The van der Waals surface area contributed by atoms with E-state index in [1.165, 1.54) is 24.0 Å². The topological polar surface area (TPSA) is 9.23 Å². The van der Waals surface area contributed by atoms with Gasteiger partial charge in [-0.05, 0) is 45.4 Å².